The molecule has 1 aromatic rings. The Morgan fingerprint density at radius 2 is 2.00 bits per heavy atom. The van der Waals surface area contributed by atoms with Gasteiger partial charge in [0, 0.05) is 0 Å². The lowest BCUT2D eigenvalue weighted by atomic mass is 9.88. The lowest BCUT2D eigenvalue weighted by Gasteiger charge is -2.34. The predicted octanol–water partition coefficient (Wildman–Crippen LogP) is 2.14. The normalized spacial score (nSPS) is 21.1. The average Bonchev–Trinajstić information content (AvgIpc) is 2.96. The predicted molar refractivity (Wildman–Crippen MR) is 67.9 cm³/mol. The van der Waals surface area contributed by atoms with Crippen molar-refractivity contribution in [2.75, 3.05) is 0 Å². The second-order valence-electron chi connectivity index (χ2n) is 6.12. The minimum Gasteiger partial charge on any atom is -0.388 e. The smallest absolute Gasteiger partial charge is 0.178 e. The number of aliphatic hydroxyl groups excluding tert-OH is 1. The van der Waals surface area contributed by atoms with Gasteiger partial charge < -0.3 is 9.84 Å². The molecule has 5 nitrogen and oxygen atoms in total. The van der Waals surface area contributed by atoms with E-state index in [4.69, 9.17) is 4.74 Å². The Morgan fingerprint density at radius 3 is 2.50 bits per heavy atom. The van der Waals surface area contributed by atoms with Gasteiger partial charge in [0.25, 0.3) is 0 Å². The van der Waals surface area contributed by atoms with Crippen LogP contribution in [0.15, 0.2) is 12.7 Å². The molecule has 1 aliphatic carbocycles. The van der Waals surface area contributed by atoms with Crippen LogP contribution < -0.4 is 0 Å². The molecular weight excluding hydrogens is 230 g/mol. The zero-order valence-corrected chi connectivity index (χ0v) is 11.4. The van der Waals surface area contributed by atoms with Gasteiger partial charge >= 0.3 is 0 Å². The fourth-order valence-corrected chi connectivity index (χ4v) is 2.28. The van der Waals surface area contributed by atoms with E-state index in [2.05, 4.69) is 10.1 Å². The minimum atomic E-state index is -0.611. The average molecular weight is 253 g/mol. The van der Waals surface area contributed by atoms with Crippen molar-refractivity contribution in [3.05, 3.63) is 12.7 Å². The second kappa shape index (κ2) is 5.36. The van der Waals surface area contributed by atoms with Crippen LogP contribution in [0.2, 0.25) is 0 Å². The lowest BCUT2D eigenvalue weighted by Crippen LogP contribution is -2.38. The van der Waals surface area contributed by atoms with Gasteiger partial charge in [-0.25, -0.2) is 9.67 Å². The highest BCUT2D eigenvalue weighted by Gasteiger charge is 2.35. The van der Waals surface area contributed by atoms with Crippen LogP contribution in [0.25, 0.3) is 0 Å². The lowest BCUT2D eigenvalue weighted by molar-refractivity contribution is -0.151. The summed E-state index contributed by atoms with van der Waals surface area (Å²) in [4.78, 5) is 3.94. The zero-order valence-electron chi connectivity index (χ0n) is 11.4. The number of aliphatic hydroxyl groups is 1. The maximum atomic E-state index is 10.5. The molecule has 0 saturated heterocycles. The van der Waals surface area contributed by atoms with E-state index in [-0.39, 0.29) is 11.5 Å². The molecule has 0 amide bonds. The Kier molecular flexibility index (Phi) is 4.02. The van der Waals surface area contributed by atoms with Gasteiger partial charge in [0.2, 0.25) is 0 Å². The van der Waals surface area contributed by atoms with Gasteiger partial charge in [-0.15, -0.1) is 0 Å². The van der Waals surface area contributed by atoms with Crippen LogP contribution in [0.3, 0.4) is 0 Å². The molecule has 0 radical (unpaired) electrons. The molecule has 1 N–H and O–H groups in total. The Balaban J connectivity index is 2.12. The summed E-state index contributed by atoms with van der Waals surface area (Å²) in [5, 5.41) is 14.6. The number of hydrogen-bond donors (Lipinski definition) is 1. The maximum Gasteiger partial charge on any atom is 0.178 e. The second-order valence-corrected chi connectivity index (χ2v) is 6.12. The van der Waals surface area contributed by atoms with E-state index in [1.807, 2.05) is 20.8 Å². The molecule has 5 heteroatoms. The van der Waals surface area contributed by atoms with Crippen molar-refractivity contribution in [3.8, 4) is 0 Å². The van der Waals surface area contributed by atoms with Crippen molar-refractivity contribution in [3.63, 3.8) is 0 Å². The maximum absolute atomic E-state index is 10.5. The summed E-state index contributed by atoms with van der Waals surface area (Å²) in [6.07, 6.45) is 6.81. The molecule has 1 saturated carbocycles. The van der Waals surface area contributed by atoms with Crippen molar-refractivity contribution in [1.82, 2.24) is 14.8 Å². The third kappa shape index (κ3) is 3.09. The molecule has 2 unspecified atom stereocenters. The van der Waals surface area contributed by atoms with Crippen LogP contribution in [-0.2, 0) is 4.74 Å². The van der Waals surface area contributed by atoms with Gasteiger partial charge in [-0.1, -0.05) is 33.6 Å². The van der Waals surface area contributed by atoms with Gasteiger partial charge in [-0.3, -0.25) is 0 Å². The van der Waals surface area contributed by atoms with Crippen LogP contribution in [0, 0.1) is 5.41 Å². The van der Waals surface area contributed by atoms with E-state index in [9.17, 15) is 5.11 Å². The van der Waals surface area contributed by atoms with Crippen LogP contribution >= 0.6 is 0 Å². The number of nitrogens with zero attached hydrogens (tertiary/aromatic N) is 3. The van der Waals surface area contributed by atoms with Crippen molar-refractivity contribution >= 4 is 0 Å². The highest BCUT2D eigenvalue weighted by atomic mass is 16.5. The van der Waals surface area contributed by atoms with Crippen molar-refractivity contribution < 1.29 is 9.84 Å². The Hall–Kier alpha value is -0.940. The summed E-state index contributed by atoms with van der Waals surface area (Å²) in [5.41, 5.74) is -0.255. The zero-order chi connectivity index (χ0) is 13.2. The fourth-order valence-electron chi connectivity index (χ4n) is 2.28. The molecule has 0 aromatic carbocycles. The molecule has 102 valence electrons. The number of ether oxygens (including phenoxy) is 1. The van der Waals surface area contributed by atoms with E-state index in [0.29, 0.717) is 0 Å². The molecule has 2 rings (SSSR count). The standard InChI is InChI=1S/C13H23N3O2/c1-13(2,3)11(17)12(16-9-14-8-15-16)18-10-6-4-5-7-10/h8-12,17H,4-7H2,1-3H3. The monoisotopic (exact) mass is 253 g/mol. The Morgan fingerprint density at radius 1 is 1.33 bits per heavy atom. The highest BCUT2D eigenvalue weighted by molar-refractivity contribution is 4.81. The third-order valence-electron chi connectivity index (χ3n) is 3.49. The quantitative estimate of drug-likeness (QED) is 0.893. The Bertz CT molecular complexity index is 353. The van der Waals surface area contributed by atoms with E-state index in [1.165, 1.54) is 19.2 Å². The molecule has 1 aliphatic rings. The minimum absolute atomic E-state index is 0.233. The van der Waals surface area contributed by atoms with Gasteiger partial charge in [0.1, 0.15) is 18.8 Å². The van der Waals surface area contributed by atoms with Crippen LogP contribution in [0.4, 0.5) is 0 Å². The van der Waals surface area contributed by atoms with E-state index < -0.39 is 12.3 Å². The van der Waals surface area contributed by atoms with E-state index in [1.54, 1.807) is 11.0 Å². The van der Waals surface area contributed by atoms with Crippen molar-refractivity contribution in [1.29, 1.82) is 0 Å². The first-order valence-electron chi connectivity index (χ1n) is 6.66. The summed E-state index contributed by atoms with van der Waals surface area (Å²) in [6, 6.07) is 0. The van der Waals surface area contributed by atoms with Gasteiger partial charge in [-0.2, -0.15) is 5.10 Å². The van der Waals surface area contributed by atoms with Crippen molar-refractivity contribution in [2.24, 2.45) is 5.41 Å². The topological polar surface area (TPSA) is 60.2 Å². The van der Waals surface area contributed by atoms with Gasteiger partial charge in [0.15, 0.2) is 6.23 Å². The summed E-state index contributed by atoms with van der Waals surface area (Å²) in [7, 11) is 0. The summed E-state index contributed by atoms with van der Waals surface area (Å²) in [6.45, 7) is 6.00. The van der Waals surface area contributed by atoms with Gasteiger partial charge in [0.05, 0.1) is 6.10 Å². The summed E-state index contributed by atoms with van der Waals surface area (Å²) >= 11 is 0. The largest absolute Gasteiger partial charge is 0.388 e. The fraction of sp³-hybridized carbons (Fsp3) is 0.846. The highest BCUT2D eigenvalue weighted by Crippen LogP contribution is 2.32. The van der Waals surface area contributed by atoms with Crippen LogP contribution in [0.5, 0.6) is 0 Å². The van der Waals surface area contributed by atoms with Crippen LogP contribution in [-0.4, -0.2) is 32.1 Å². The summed E-state index contributed by atoms with van der Waals surface area (Å²) in [5.74, 6) is 0. The first-order chi connectivity index (χ1) is 8.48. The first kappa shape index (κ1) is 13.5. The van der Waals surface area contributed by atoms with Crippen LogP contribution in [0.1, 0.15) is 52.7 Å². The molecule has 1 fully saturated rings. The number of hydrogen-bond acceptors (Lipinski definition) is 4. The molecule has 1 heterocycles. The molecule has 0 aliphatic heterocycles. The third-order valence-corrected chi connectivity index (χ3v) is 3.49. The SMILES string of the molecule is CC(C)(C)C(O)C(OC1CCCC1)n1cncn1. The molecule has 2 atom stereocenters. The van der Waals surface area contributed by atoms with E-state index in [0.717, 1.165) is 12.8 Å². The molecular formula is C13H23N3O2. The first-order valence-corrected chi connectivity index (χ1v) is 6.66. The number of rotatable bonds is 4. The van der Waals surface area contributed by atoms with Gasteiger partial charge in [-0.05, 0) is 18.3 Å². The van der Waals surface area contributed by atoms with Crippen molar-refractivity contribution in [2.45, 2.75) is 64.9 Å². The molecule has 0 bridgehead atoms. The van der Waals surface area contributed by atoms with E-state index >= 15 is 0 Å². The number of aromatic nitrogens is 3. The molecule has 1 aromatic heterocycles. The molecule has 18 heavy (non-hydrogen) atoms. The molecule has 0 spiro atoms. The summed E-state index contributed by atoms with van der Waals surface area (Å²) < 4.78 is 7.67. The Labute approximate surface area is 108 Å².